The van der Waals surface area contributed by atoms with Crippen LogP contribution in [0, 0.1) is 0 Å². The number of carbonyl (C=O) groups excluding carboxylic acids is 3. The molecule has 16 nitrogen and oxygen atoms in total. The third kappa shape index (κ3) is 11.6. The summed E-state index contributed by atoms with van der Waals surface area (Å²) in [5.41, 5.74) is 0.665. The van der Waals surface area contributed by atoms with Gasteiger partial charge in [-0.05, 0) is 43.2 Å². The predicted octanol–water partition coefficient (Wildman–Crippen LogP) is 2.40. The highest BCUT2D eigenvalue weighted by Crippen LogP contribution is 2.31. The summed E-state index contributed by atoms with van der Waals surface area (Å²) in [5, 5.41) is 1.18. The van der Waals surface area contributed by atoms with E-state index in [1.54, 1.807) is 25.3 Å². The molecule has 3 aromatic rings. The molecular formula is C28H32N2O14S3. The number of imide groups is 1. The summed E-state index contributed by atoms with van der Waals surface area (Å²) in [6, 6.07) is 9.70. The first-order valence-corrected chi connectivity index (χ1v) is 17.4. The van der Waals surface area contributed by atoms with Crippen LogP contribution in [-0.4, -0.2) is 88.5 Å². The van der Waals surface area contributed by atoms with Crippen LogP contribution in [0.3, 0.4) is 0 Å². The van der Waals surface area contributed by atoms with Gasteiger partial charge >= 0.3 is 32.3 Å². The minimum Gasteiger partial charge on any atom is -0.422 e. The quantitative estimate of drug-likeness (QED) is 0.0973. The number of ether oxygens (including phenoxy) is 2. The number of benzene rings is 1. The number of unbranched alkanes of at least 4 members (excludes halogenated alkanes) is 2. The van der Waals surface area contributed by atoms with Gasteiger partial charge in [-0.3, -0.25) is 14.1 Å². The van der Waals surface area contributed by atoms with E-state index in [-0.39, 0.29) is 29.0 Å². The Morgan fingerprint density at radius 2 is 1.68 bits per heavy atom. The molecule has 1 aromatic carbocycles. The van der Waals surface area contributed by atoms with E-state index in [2.05, 4.69) is 4.90 Å². The fourth-order valence-corrected chi connectivity index (χ4v) is 6.09. The Bertz CT molecular complexity index is 1830. The normalized spacial score (nSPS) is 13.0. The van der Waals surface area contributed by atoms with Gasteiger partial charge in [-0.2, -0.15) is 8.42 Å². The van der Waals surface area contributed by atoms with Crippen LogP contribution >= 0.6 is 11.3 Å². The molecule has 2 amide bonds. The van der Waals surface area contributed by atoms with Crippen molar-refractivity contribution in [2.24, 2.45) is 0 Å². The topological polar surface area (TPSA) is 221 Å². The molecule has 1 saturated heterocycles. The Morgan fingerprint density at radius 3 is 2.32 bits per heavy atom. The third-order valence-corrected chi connectivity index (χ3v) is 9.07. The third-order valence-electron chi connectivity index (χ3n) is 6.63. The molecular weight excluding hydrogens is 685 g/mol. The molecule has 4 rings (SSSR count). The van der Waals surface area contributed by atoms with E-state index in [0.29, 0.717) is 73.1 Å². The molecule has 0 spiro atoms. The maximum atomic E-state index is 12.8. The highest BCUT2D eigenvalue weighted by molar-refractivity contribution is 7.88. The summed E-state index contributed by atoms with van der Waals surface area (Å²) in [6.45, 7) is 2.46. The molecule has 47 heavy (non-hydrogen) atoms. The van der Waals surface area contributed by atoms with E-state index in [4.69, 9.17) is 31.4 Å². The zero-order valence-corrected chi connectivity index (χ0v) is 27.6. The Hall–Kier alpha value is -4.01. The number of anilines is 1. The largest absolute Gasteiger partial charge is 0.425 e. The van der Waals surface area contributed by atoms with Gasteiger partial charge in [0.05, 0.1) is 25.4 Å². The molecule has 1 fully saturated rings. The Balaban J connectivity index is 0.00000142. The van der Waals surface area contributed by atoms with Gasteiger partial charge in [-0.1, -0.05) is 6.42 Å². The number of thiophene rings is 1. The van der Waals surface area contributed by atoms with Crippen molar-refractivity contribution >= 4 is 66.5 Å². The predicted molar refractivity (Wildman–Crippen MR) is 166 cm³/mol. The number of hydroxylamine groups is 2. The first-order valence-electron chi connectivity index (χ1n) is 14.1. The molecule has 2 aromatic heterocycles. The number of methoxy groups -OCH3 is 1. The molecule has 0 radical (unpaired) electrons. The fraction of sp³-hybridized carbons (Fsp3) is 0.429. The number of carbonyl (C=O) groups is 3. The van der Waals surface area contributed by atoms with Crippen LogP contribution in [0.1, 0.15) is 38.5 Å². The zero-order valence-electron chi connectivity index (χ0n) is 25.1. The summed E-state index contributed by atoms with van der Waals surface area (Å²) in [6.07, 6.45) is 2.05. The number of hydrogen-bond donors (Lipinski definition) is 1. The van der Waals surface area contributed by atoms with Gasteiger partial charge in [0.15, 0.2) is 0 Å². The highest BCUT2D eigenvalue weighted by Gasteiger charge is 2.32. The molecule has 0 atom stereocenters. The number of hydrogen-bond acceptors (Lipinski definition) is 15. The van der Waals surface area contributed by atoms with Gasteiger partial charge in [0, 0.05) is 61.5 Å². The molecule has 1 aliphatic heterocycles. The summed E-state index contributed by atoms with van der Waals surface area (Å²) in [4.78, 5) is 55.4. The molecule has 0 unspecified atom stereocenters. The van der Waals surface area contributed by atoms with E-state index in [1.165, 1.54) is 12.1 Å². The summed E-state index contributed by atoms with van der Waals surface area (Å²) >= 11 is 0.771. The average molecular weight is 717 g/mol. The molecule has 0 bridgehead atoms. The van der Waals surface area contributed by atoms with Crippen molar-refractivity contribution in [2.75, 3.05) is 44.9 Å². The van der Waals surface area contributed by atoms with Crippen molar-refractivity contribution in [3.8, 4) is 10.4 Å². The second-order valence-corrected chi connectivity index (χ2v) is 13.1. The Kier molecular flexibility index (Phi) is 14.2. The molecule has 1 aliphatic rings. The lowest BCUT2D eigenvalue weighted by Gasteiger charge is -2.25. The van der Waals surface area contributed by atoms with Crippen molar-refractivity contribution in [3.05, 3.63) is 46.8 Å². The van der Waals surface area contributed by atoms with Crippen molar-refractivity contribution < 1.29 is 58.7 Å². The van der Waals surface area contributed by atoms with E-state index >= 15 is 0 Å². The lowest BCUT2D eigenvalue weighted by atomic mass is 10.1. The van der Waals surface area contributed by atoms with Crippen LogP contribution in [-0.2, 0) is 49.4 Å². The SMILES string of the molecule is COCCOCCN(CCCCCC(=O)ON1C(=O)CCC1=O)c1ccc2cc(-c3ccc(S(=O)(=O)O)s3)c(=O)oc2c1.O=S(=O)=O. The van der Waals surface area contributed by atoms with Crippen LogP contribution in [0.5, 0.6) is 0 Å². The molecule has 19 heteroatoms. The van der Waals surface area contributed by atoms with Gasteiger partial charge in [0.25, 0.3) is 11.8 Å². The molecule has 3 heterocycles. The van der Waals surface area contributed by atoms with Gasteiger partial charge in [0.1, 0.15) is 9.79 Å². The van der Waals surface area contributed by atoms with Crippen molar-refractivity contribution in [1.29, 1.82) is 0 Å². The van der Waals surface area contributed by atoms with Gasteiger partial charge in [0.2, 0.25) is 0 Å². The van der Waals surface area contributed by atoms with Crippen molar-refractivity contribution in [3.63, 3.8) is 0 Å². The lowest BCUT2D eigenvalue weighted by Crippen LogP contribution is -2.32. The first kappa shape index (κ1) is 37.4. The Labute approximate surface area is 274 Å². The summed E-state index contributed by atoms with van der Waals surface area (Å²) < 4.78 is 73.5. The van der Waals surface area contributed by atoms with Gasteiger partial charge < -0.3 is 23.6 Å². The maximum absolute atomic E-state index is 12.8. The van der Waals surface area contributed by atoms with Gasteiger partial charge in [-0.15, -0.1) is 29.0 Å². The molecule has 0 saturated carbocycles. The minimum absolute atomic E-state index is 0.0446. The van der Waals surface area contributed by atoms with E-state index < -0.39 is 44.1 Å². The maximum Gasteiger partial charge on any atom is 0.425 e. The summed E-state index contributed by atoms with van der Waals surface area (Å²) in [7, 11) is -5.91. The second kappa shape index (κ2) is 17.8. The number of fused-ring (bicyclic) bond motifs is 1. The number of amides is 2. The monoisotopic (exact) mass is 716 g/mol. The smallest absolute Gasteiger partial charge is 0.422 e. The zero-order chi connectivity index (χ0) is 34.6. The van der Waals surface area contributed by atoms with Crippen LogP contribution in [0.4, 0.5) is 5.69 Å². The lowest BCUT2D eigenvalue weighted by molar-refractivity contribution is -0.197. The van der Waals surface area contributed by atoms with Crippen LogP contribution in [0.25, 0.3) is 21.4 Å². The number of nitrogens with zero attached hydrogens (tertiary/aromatic N) is 2. The Morgan fingerprint density at radius 1 is 0.979 bits per heavy atom. The van der Waals surface area contributed by atoms with Crippen LogP contribution in [0.2, 0.25) is 0 Å². The first-order chi connectivity index (χ1) is 22.3. The summed E-state index contributed by atoms with van der Waals surface area (Å²) in [5.74, 6) is -1.66. The number of rotatable bonds is 16. The molecule has 0 aliphatic carbocycles. The standard InChI is InChI=1S/C28H32N2O11S2.O3S/c1-38-15-16-39-14-13-29(12-4-2-3-5-26(33)41-30-24(31)9-10-25(30)32)20-7-6-19-17-21(28(34)40-22(19)18-20)23-8-11-27(42-23)43(35,36)37;1-4(2)3/h6-8,11,17-18H,2-5,9-10,12-16H2,1H3,(H,35,36,37);. The highest BCUT2D eigenvalue weighted by atomic mass is 32.3. The van der Waals surface area contributed by atoms with Crippen LogP contribution < -0.4 is 10.5 Å². The minimum atomic E-state index is -4.38. The van der Waals surface area contributed by atoms with E-state index in [1.807, 2.05) is 6.07 Å². The average Bonchev–Trinajstić information content (AvgIpc) is 3.62. The fourth-order valence-electron chi connectivity index (χ4n) is 4.42. The molecule has 1 N–H and O–H groups in total. The second-order valence-electron chi connectivity index (χ2n) is 9.92. The van der Waals surface area contributed by atoms with Crippen molar-refractivity contribution in [1.82, 2.24) is 5.06 Å². The van der Waals surface area contributed by atoms with E-state index in [9.17, 15) is 32.1 Å². The van der Waals surface area contributed by atoms with Gasteiger partial charge in [-0.25, -0.2) is 9.59 Å². The van der Waals surface area contributed by atoms with Crippen molar-refractivity contribution in [2.45, 2.75) is 42.7 Å². The van der Waals surface area contributed by atoms with E-state index in [0.717, 1.165) is 17.0 Å². The van der Waals surface area contributed by atoms with Crippen LogP contribution in [0.15, 0.2) is 49.8 Å². The molecule has 256 valence electrons.